The number of cyclic esters (lactones) is 1. The summed E-state index contributed by atoms with van der Waals surface area (Å²) in [6, 6.07) is 11.2. The first-order valence-electron chi connectivity index (χ1n) is 8.49. The number of pyridine rings is 1. The lowest BCUT2D eigenvalue weighted by Gasteiger charge is -2.25. The number of anilines is 1. The van der Waals surface area contributed by atoms with E-state index >= 15 is 0 Å². The quantitative estimate of drug-likeness (QED) is 0.864. The Kier molecular flexibility index (Phi) is 4.09. The van der Waals surface area contributed by atoms with Crippen LogP contribution in [0.2, 0.25) is 0 Å². The topological polar surface area (TPSA) is 62.7 Å². The maximum Gasteiger partial charge on any atom is 0.414 e. The van der Waals surface area contributed by atoms with Crippen molar-refractivity contribution in [3.05, 3.63) is 59.9 Å². The van der Waals surface area contributed by atoms with Crippen molar-refractivity contribution in [2.75, 3.05) is 24.6 Å². The second-order valence-electron chi connectivity index (χ2n) is 6.25. The zero-order chi connectivity index (χ0) is 17.2. The molecule has 0 radical (unpaired) electrons. The van der Waals surface area contributed by atoms with Crippen LogP contribution in [0.15, 0.2) is 48.8 Å². The molecule has 6 nitrogen and oxygen atoms in total. The van der Waals surface area contributed by atoms with Gasteiger partial charge in [-0.3, -0.25) is 14.7 Å². The summed E-state index contributed by atoms with van der Waals surface area (Å²) in [6.07, 6.45) is 5.09. The SMILES string of the molecule is O=C1OCCN1c1cccc(C(=O)N2CCCC2c2ccncc2)c1. The molecule has 2 amide bonds. The third-order valence-electron chi connectivity index (χ3n) is 4.77. The fraction of sp³-hybridized carbons (Fsp3) is 0.316. The molecule has 2 aliphatic heterocycles. The molecule has 4 rings (SSSR count). The zero-order valence-electron chi connectivity index (χ0n) is 13.8. The van der Waals surface area contributed by atoms with Crippen LogP contribution in [0.4, 0.5) is 10.5 Å². The van der Waals surface area contributed by atoms with Gasteiger partial charge < -0.3 is 9.64 Å². The maximum absolute atomic E-state index is 13.1. The van der Waals surface area contributed by atoms with Crippen LogP contribution in [-0.2, 0) is 4.74 Å². The minimum atomic E-state index is -0.361. The normalized spacial score (nSPS) is 20.0. The van der Waals surface area contributed by atoms with Crippen LogP contribution < -0.4 is 4.90 Å². The Hall–Kier alpha value is -2.89. The van der Waals surface area contributed by atoms with Crippen LogP contribution in [0.25, 0.3) is 0 Å². The molecule has 25 heavy (non-hydrogen) atoms. The highest BCUT2D eigenvalue weighted by Crippen LogP contribution is 2.33. The van der Waals surface area contributed by atoms with Crippen molar-refractivity contribution in [1.82, 2.24) is 9.88 Å². The van der Waals surface area contributed by atoms with Gasteiger partial charge in [-0.15, -0.1) is 0 Å². The van der Waals surface area contributed by atoms with Crippen molar-refractivity contribution in [2.45, 2.75) is 18.9 Å². The minimum absolute atomic E-state index is 0.00581. The summed E-state index contributed by atoms with van der Waals surface area (Å²) in [5.74, 6) is -0.00581. The molecule has 3 heterocycles. The molecule has 1 unspecified atom stereocenters. The molecule has 6 heteroatoms. The molecule has 0 aliphatic carbocycles. The number of carbonyl (C=O) groups is 2. The highest BCUT2D eigenvalue weighted by molar-refractivity contribution is 5.97. The molecule has 1 atom stereocenters. The molecule has 2 saturated heterocycles. The summed E-state index contributed by atoms with van der Waals surface area (Å²) in [4.78, 5) is 32.3. The number of benzene rings is 1. The van der Waals surface area contributed by atoms with Gasteiger partial charge in [-0.2, -0.15) is 0 Å². The van der Waals surface area contributed by atoms with Crippen molar-refractivity contribution >= 4 is 17.7 Å². The third kappa shape index (κ3) is 2.95. The molecule has 0 spiro atoms. The summed E-state index contributed by atoms with van der Waals surface area (Å²) < 4.78 is 4.98. The Balaban J connectivity index is 1.59. The Labute approximate surface area is 146 Å². The number of rotatable bonds is 3. The van der Waals surface area contributed by atoms with Crippen LogP contribution in [0.5, 0.6) is 0 Å². The van der Waals surface area contributed by atoms with Crippen LogP contribution in [0, 0.1) is 0 Å². The maximum atomic E-state index is 13.1. The average Bonchev–Trinajstić information content (AvgIpc) is 3.31. The van der Waals surface area contributed by atoms with Gasteiger partial charge in [0.25, 0.3) is 5.91 Å². The second kappa shape index (κ2) is 6.55. The lowest BCUT2D eigenvalue weighted by Crippen LogP contribution is -2.31. The lowest BCUT2D eigenvalue weighted by atomic mass is 10.1. The standard InChI is InChI=1S/C19H19N3O3/c23-18(22-10-2-5-17(22)14-6-8-20-9-7-14)15-3-1-4-16(13-15)21-11-12-25-19(21)24/h1,3-4,6-9,13,17H,2,5,10-12H2. The summed E-state index contributed by atoms with van der Waals surface area (Å²) in [6.45, 7) is 1.63. The lowest BCUT2D eigenvalue weighted by molar-refractivity contribution is 0.0735. The van der Waals surface area contributed by atoms with Crippen molar-refractivity contribution < 1.29 is 14.3 Å². The highest BCUT2D eigenvalue weighted by atomic mass is 16.6. The molecule has 0 bridgehead atoms. The zero-order valence-corrected chi connectivity index (χ0v) is 13.8. The van der Waals surface area contributed by atoms with Crippen LogP contribution in [-0.4, -0.2) is 41.6 Å². The highest BCUT2D eigenvalue weighted by Gasteiger charge is 2.31. The predicted octanol–water partition coefficient (Wildman–Crippen LogP) is 3.02. The molecule has 2 aromatic rings. The third-order valence-corrected chi connectivity index (χ3v) is 4.77. The van der Waals surface area contributed by atoms with Crippen LogP contribution in [0.3, 0.4) is 0 Å². The number of hydrogen-bond acceptors (Lipinski definition) is 4. The first-order valence-corrected chi connectivity index (χ1v) is 8.49. The Bertz CT molecular complexity index is 794. The van der Waals surface area contributed by atoms with E-state index in [1.54, 1.807) is 29.4 Å². The Morgan fingerprint density at radius 2 is 2.00 bits per heavy atom. The fourth-order valence-corrected chi connectivity index (χ4v) is 3.54. The van der Waals surface area contributed by atoms with E-state index in [2.05, 4.69) is 4.98 Å². The average molecular weight is 337 g/mol. The van der Waals surface area contributed by atoms with E-state index in [-0.39, 0.29) is 18.0 Å². The minimum Gasteiger partial charge on any atom is -0.447 e. The van der Waals surface area contributed by atoms with E-state index in [1.807, 2.05) is 29.2 Å². The van der Waals surface area contributed by atoms with Gasteiger partial charge in [0, 0.05) is 30.2 Å². The monoisotopic (exact) mass is 337 g/mol. The largest absolute Gasteiger partial charge is 0.447 e. The first-order chi connectivity index (χ1) is 12.2. The van der Waals surface area contributed by atoms with Gasteiger partial charge in [0.1, 0.15) is 6.61 Å². The number of likely N-dealkylation sites (tertiary alicyclic amines) is 1. The van der Waals surface area contributed by atoms with E-state index in [1.165, 1.54) is 0 Å². The predicted molar refractivity (Wildman–Crippen MR) is 92.4 cm³/mol. The molecular weight excluding hydrogens is 318 g/mol. The fourth-order valence-electron chi connectivity index (χ4n) is 3.54. The van der Waals surface area contributed by atoms with Gasteiger partial charge in [-0.05, 0) is 48.7 Å². The molecule has 2 fully saturated rings. The second-order valence-corrected chi connectivity index (χ2v) is 6.25. The Morgan fingerprint density at radius 3 is 2.76 bits per heavy atom. The molecule has 0 saturated carbocycles. The summed E-state index contributed by atoms with van der Waals surface area (Å²) >= 11 is 0. The van der Waals surface area contributed by atoms with E-state index in [0.717, 1.165) is 24.9 Å². The number of carbonyl (C=O) groups excluding carboxylic acids is 2. The molecule has 1 aromatic heterocycles. The molecule has 1 aromatic carbocycles. The van der Waals surface area contributed by atoms with Crippen molar-refractivity contribution in [2.24, 2.45) is 0 Å². The Morgan fingerprint density at radius 1 is 1.16 bits per heavy atom. The van der Waals surface area contributed by atoms with Gasteiger partial charge in [0.15, 0.2) is 0 Å². The van der Waals surface area contributed by atoms with Gasteiger partial charge in [-0.25, -0.2) is 4.79 Å². The van der Waals surface area contributed by atoms with Gasteiger partial charge in [0.2, 0.25) is 0 Å². The molecular formula is C19H19N3O3. The number of nitrogens with zero attached hydrogens (tertiary/aromatic N) is 3. The van der Waals surface area contributed by atoms with Crippen LogP contribution >= 0.6 is 0 Å². The van der Waals surface area contributed by atoms with Crippen molar-refractivity contribution in [1.29, 1.82) is 0 Å². The van der Waals surface area contributed by atoms with E-state index in [4.69, 9.17) is 4.74 Å². The molecule has 2 aliphatic rings. The summed E-state index contributed by atoms with van der Waals surface area (Å²) in [5, 5.41) is 0. The van der Waals surface area contributed by atoms with E-state index in [9.17, 15) is 9.59 Å². The molecule has 128 valence electrons. The number of aromatic nitrogens is 1. The smallest absolute Gasteiger partial charge is 0.414 e. The van der Waals surface area contributed by atoms with Crippen molar-refractivity contribution in [3.63, 3.8) is 0 Å². The first kappa shape index (κ1) is 15.6. The van der Waals surface area contributed by atoms with Gasteiger partial charge in [-0.1, -0.05) is 6.07 Å². The van der Waals surface area contributed by atoms with Crippen molar-refractivity contribution in [3.8, 4) is 0 Å². The number of ether oxygens (including phenoxy) is 1. The molecule has 0 N–H and O–H groups in total. The summed E-state index contributed by atoms with van der Waals surface area (Å²) in [5.41, 5.74) is 2.41. The van der Waals surface area contributed by atoms with E-state index < -0.39 is 0 Å². The van der Waals surface area contributed by atoms with Gasteiger partial charge in [0.05, 0.1) is 12.6 Å². The van der Waals surface area contributed by atoms with Gasteiger partial charge >= 0.3 is 6.09 Å². The number of amides is 2. The summed E-state index contributed by atoms with van der Waals surface area (Å²) in [7, 11) is 0. The van der Waals surface area contributed by atoms with Crippen LogP contribution in [0.1, 0.15) is 34.8 Å². The van der Waals surface area contributed by atoms with E-state index in [0.29, 0.717) is 24.4 Å². The number of hydrogen-bond donors (Lipinski definition) is 0.